The summed E-state index contributed by atoms with van der Waals surface area (Å²) in [4.78, 5) is -0.218. The van der Waals surface area contributed by atoms with E-state index in [0.717, 1.165) is 6.07 Å². The molecule has 0 bridgehead atoms. The van der Waals surface area contributed by atoms with Crippen LogP contribution in [0.3, 0.4) is 0 Å². The van der Waals surface area contributed by atoms with Crippen LogP contribution < -0.4 is 0 Å². The van der Waals surface area contributed by atoms with Gasteiger partial charge < -0.3 is 10.2 Å². The van der Waals surface area contributed by atoms with E-state index < -0.39 is 10.1 Å². The molecule has 0 fully saturated rings. The summed E-state index contributed by atoms with van der Waals surface area (Å²) >= 11 is 0. The van der Waals surface area contributed by atoms with E-state index >= 15 is 0 Å². The zero-order chi connectivity index (χ0) is 17.3. The van der Waals surface area contributed by atoms with Crippen molar-refractivity contribution in [2.24, 2.45) is 10.2 Å². The molecule has 0 amide bonds. The van der Waals surface area contributed by atoms with E-state index in [1.807, 2.05) is 0 Å². The molecule has 3 aromatic carbocycles. The van der Waals surface area contributed by atoms with Crippen LogP contribution in [-0.4, -0.2) is 23.2 Å². The molecule has 0 saturated heterocycles. The van der Waals surface area contributed by atoms with Crippen LogP contribution in [0.4, 0.5) is 11.4 Å². The minimum atomic E-state index is -4.36. The summed E-state index contributed by atoms with van der Waals surface area (Å²) in [5.41, 5.74) is 0.515. The molecule has 0 radical (unpaired) electrons. The Morgan fingerprint density at radius 2 is 1.46 bits per heavy atom. The Morgan fingerprint density at radius 1 is 0.792 bits per heavy atom. The topological polar surface area (TPSA) is 120 Å². The first kappa shape index (κ1) is 15.9. The fourth-order valence-corrected chi connectivity index (χ4v) is 2.99. The molecule has 24 heavy (non-hydrogen) atoms. The molecule has 3 rings (SSSR count). The van der Waals surface area contributed by atoms with Crippen molar-refractivity contribution in [3.8, 4) is 11.5 Å². The molecule has 0 atom stereocenters. The highest BCUT2D eigenvalue weighted by Crippen LogP contribution is 2.34. The van der Waals surface area contributed by atoms with Crippen molar-refractivity contribution < 1.29 is 23.2 Å². The molecule has 0 aliphatic carbocycles. The van der Waals surface area contributed by atoms with Gasteiger partial charge in [-0.3, -0.25) is 4.55 Å². The fourth-order valence-electron chi connectivity index (χ4n) is 2.28. The van der Waals surface area contributed by atoms with Crippen molar-refractivity contribution in [1.82, 2.24) is 0 Å². The lowest BCUT2D eigenvalue weighted by atomic mass is 10.1. The van der Waals surface area contributed by atoms with Crippen molar-refractivity contribution in [2.45, 2.75) is 4.90 Å². The fraction of sp³-hybridized carbons (Fsp3) is 0. The zero-order valence-corrected chi connectivity index (χ0v) is 13.0. The molecule has 7 nitrogen and oxygen atoms in total. The summed E-state index contributed by atoms with van der Waals surface area (Å²) in [6.45, 7) is 0. The predicted molar refractivity (Wildman–Crippen MR) is 87.7 cm³/mol. The van der Waals surface area contributed by atoms with Crippen LogP contribution in [0.25, 0.3) is 10.8 Å². The first-order valence-corrected chi connectivity index (χ1v) is 8.23. The van der Waals surface area contributed by atoms with E-state index in [9.17, 15) is 23.2 Å². The third-order valence-electron chi connectivity index (χ3n) is 3.36. The molecular weight excluding hydrogens is 332 g/mol. The molecule has 0 aromatic heterocycles. The molecule has 3 aromatic rings. The summed E-state index contributed by atoms with van der Waals surface area (Å²) in [6, 6.07) is 13.1. The summed E-state index contributed by atoms with van der Waals surface area (Å²) in [7, 11) is -4.36. The maximum atomic E-state index is 11.5. The predicted octanol–water partition coefficient (Wildman–Crippen LogP) is 3.91. The van der Waals surface area contributed by atoms with Gasteiger partial charge >= 0.3 is 0 Å². The summed E-state index contributed by atoms with van der Waals surface area (Å²) in [5, 5.41) is 27.7. The average molecular weight is 344 g/mol. The van der Waals surface area contributed by atoms with Gasteiger partial charge in [-0.2, -0.15) is 8.42 Å². The maximum absolute atomic E-state index is 11.5. The Morgan fingerprint density at radius 3 is 2.17 bits per heavy atom. The third-order valence-corrected chi connectivity index (χ3v) is 4.27. The highest BCUT2D eigenvalue weighted by molar-refractivity contribution is 7.86. The number of rotatable bonds is 3. The van der Waals surface area contributed by atoms with E-state index in [0.29, 0.717) is 16.5 Å². The van der Waals surface area contributed by atoms with E-state index in [1.54, 1.807) is 24.3 Å². The smallest absolute Gasteiger partial charge is 0.295 e. The van der Waals surface area contributed by atoms with Gasteiger partial charge in [0, 0.05) is 16.8 Å². The van der Waals surface area contributed by atoms with E-state index in [2.05, 4.69) is 10.2 Å². The first-order valence-electron chi connectivity index (χ1n) is 6.79. The SMILES string of the molecule is O=S(=O)(O)c1cccc2c(N=Nc3ccc(O)cc3O)cccc12. The third kappa shape index (κ3) is 3.05. The van der Waals surface area contributed by atoms with Crippen molar-refractivity contribution in [1.29, 1.82) is 0 Å². The second kappa shape index (κ2) is 5.91. The molecule has 0 heterocycles. The number of fused-ring (bicyclic) bond motifs is 1. The molecule has 122 valence electrons. The molecule has 8 heteroatoms. The van der Waals surface area contributed by atoms with E-state index in [4.69, 9.17) is 0 Å². The Kier molecular flexibility index (Phi) is 3.92. The van der Waals surface area contributed by atoms with Crippen molar-refractivity contribution in [3.63, 3.8) is 0 Å². The van der Waals surface area contributed by atoms with Crippen LogP contribution in [-0.2, 0) is 10.1 Å². The highest BCUT2D eigenvalue weighted by Gasteiger charge is 2.14. The Balaban J connectivity index is 2.12. The summed E-state index contributed by atoms with van der Waals surface area (Å²) in [5.74, 6) is -0.341. The number of benzene rings is 3. The molecule has 0 unspecified atom stereocenters. The minimum Gasteiger partial charge on any atom is -0.508 e. The second-order valence-electron chi connectivity index (χ2n) is 4.98. The monoisotopic (exact) mass is 344 g/mol. The van der Waals surface area contributed by atoms with Gasteiger partial charge in [0.1, 0.15) is 22.1 Å². The van der Waals surface area contributed by atoms with Crippen LogP contribution in [0.15, 0.2) is 69.7 Å². The number of hydrogen-bond acceptors (Lipinski definition) is 6. The van der Waals surface area contributed by atoms with E-state index in [-0.39, 0.29) is 22.1 Å². The first-order chi connectivity index (χ1) is 11.4. The minimum absolute atomic E-state index is 0.102. The van der Waals surface area contributed by atoms with Crippen molar-refractivity contribution >= 4 is 32.3 Å². The number of phenols is 2. The maximum Gasteiger partial charge on any atom is 0.295 e. The van der Waals surface area contributed by atoms with Gasteiger partial charge in [-0.15, -0.1) is 10.2 Å². The highest BCUT2D eigenvalue weighted by atomic mass is 32.2. The van der Waals surface area contributed by atoms with E-state index in [1.165, 1.54) is 24.3 Å². The van der Waals surface area contributed by atoms with Crippen LogP contribution in [0.1, 0.15) is 0 Å². The van der Waals surface area contributed by atoms with Crippen LogP contribution in [0.5, 0.6) is 11.5 Å². The molecule has 0 saturated carbocycles. The summed E-state index contributed by atoms with van der Waals surface area (Å²) in [6.07, 6.45) is 0. The number of azo groups is 1. The lowest BCUT2D eigenvalue weighted by molar-refractivity contribution is 0.451. The number of aromatic hydroxyl groups is 2. The number of hydrogen-bond donors (Lipinski definition) is 3. The summed E-state index contributed by atoms with van der Waals surface area (Å²) < 4.78 is 32.2. The molecule has 3 N–H and O–H groups in total. The average Bonchev–Trinajstić information content (AvgIpc) is 2.52. The molecular formula is C16H12N2O5S. The van der Waals surface area contributed by atoms with Gasteiger partial charge in [0.05, 0.1) is 5.69 Å². The van der Waals surface area contributed by atoms with Gasteiger partial charge in [0.2, 0.25) is 0 Å². The Hall–Kier alpha value is -2.97. The lowest BCUT2D eigenvalue weighted by Gasteiger charge is -2.05. The van der Waals surface area contributed by atoms with Crippen LogP contribution in [0.2, 0.25) is 0 Å². The van der Waals surface area contributed by atoms with Gasteiger partial charge in [0.25, 0.3) is 10.1 Å². The Labute approximate surface area is 137 Å². The van der Waals surface area contributed by atoms with Crippen molar-refractivity contribution in [3.05, 3.63) is 54.6 Å². The van der Waals surface area contributed by atoms with Gasteiger partial charge in [0.15, 0.2) is 0 Å². The molecule has 0 spiro atoms. The van der Waals surface area contributed by atoms with Crippen molar-refractivity contribution in [2.75, 3.05) is 0 Å². The zero-order valence-electron chi connectivity index (χ0n) is 12.2. The normalized spacial score (nSPS) is 12.0. The number of phenolic OH excluding ortho intramolecular Hbond substituents is 2. The quantitative estimate of drug-likeness (QED) is 0.491. The van der Waals surface area contributed by atoms with Gasteiger partial charge in [-0.05, 0) is 24.3 Å². The van der Waals surface area contributed by atoms with Crippen LogP contribution >= 0.6 is 0 Å². The molecule has 0 aliphatic rings. The number of nitrogens with zero attached hydrogens (tertiary/aromatic N) is 2. The Bertz CT molecular complexity index is 1060. The standard InChI is InChI=1S/C16H12N2O5S/c19-10-7-8-14(15(20)9-10)18-17-13-5-1-4-12-11(13)3-2-6-16(12)24(21,22)23/h1-9,19-20H,(H,21,22,23). The lowest BCUT2D eigenvalue weighted by Crippen LogP contribution is -1.98. The second-order valence-corrected chi connectivity index (χ2v) is 6.37. The molecule has 0 aliphatic heterocycles. The van der Waals surface area contributed by atoms with Gasteiger partial charge in [-0.25, -0.2) is 0 Å². The van der Waals surface area contributed by atoms with Gasteiger partial charge in [-0.1, -0.05) is 24.3 Å². The van der Waals surface area contributed by atoms with Crippen LogP contribution in [0, 0.1) is 0 Å². The largest absolute Gasteiger partial charge is 0.508 e.